The summed E-state index contributed by atoms with van der Waals surface area (Å²) in [4.78, 5) is 3.74. The van der Waals surface area contributed by atoms with Gasteiger partial charge in [0.1, 0.15) is 0 Å². The summed E-state index contributed by atoms with van der Waals surface area (Å²) in [5.41, 5.74) is 22.5. The van der Waals surface area contributed by atoms with E-state index < -0.39 is 0 Å². The molecule has 12 rings (SSSR count). The summed E-state index contributed by atoms with van der Waals surface area (Å²) < 4.78 is 0. The monoisotopic (exact) mass is 709 g/mol. The van der Waals surface area contributed by atoms with E-state index in [4.69, 9.17) is 0 Å². The molecule has 56 heavy (non-hydrogen) atoms. The molecule has 9 aromatic carbocycles. The van der Waals surface area contributed by atoms with Crippen LogP contribution in [0.2, 0.25) is 0 Å². The number of aromatic amines is 1. The van der Waals surface area contributed by atoms with Gasteiger partial charge in [-0.25, -0.2) is 0 Å². The molecule has 0 unspecified atom stereocenters. The van der Waals surface area contributed by atoms with Crippen molar-refractivity contribution in [3.63, 3.8) is 0 Å². The molecule has 0 amide bonds. The van der Waals surface area contributed by atoms with Gasteiger partial charge in [-0.2, -0.15) is 0 Å². The molecule has 0 radical (unpaired) electrons. The van der Waals surface area contributed by atoms with E-state index in [-0.39, 0.29) is 5.41 Å². The lowest BCUT2D eigenvalue weighted by Gasteiger charge is -2.30. The van der Waals surface area contributed by atoms with Crippen LogP contribution in [0.3, 0.4) is 0 Å². The largest absolute Gasteiger partial charge is 0.355 e. The molecule has 0 fully saturated rings. The summed E-state index contributed by atoms with van der Waals surface area (Å²) in [7, 11) is 0. The molecule has 10 aromatic rings. The Morgan fingerprint density at radius 1 is 0.268 bits per heavy atom. The van der Waals surface area contributed by atoms with Gasteiger partial charge in [0.25, 0.3) is 0 Å². The van der Waals surface area contributed by atoms with E-state index in [1.54, 1.807) is 0 Å². The molecular weight excluding hydrogens is 675 g/mol. The van der Waals surface area contributed by atoms with Gasteiger partial charge in [-0.15, -0.1) is 0 Å². The van der Waals surface area contributed by atoms with Gasteiger partial charge in [0.05, 0.1) is 5.41 Å². The number of H-pyrrole nitrogens is 1. The van der Waals surface area contributed by atoms with Gasteiger partial charge in [-0.1, -0.05) is 164 Å². The van der Waals surface area contributed by atoms with E-state index in [0.717, 1.165) is 11.0 Å². The molecule has 1 spiro atoms. The predicted molar refractivity (Wildman–Crippen MR) is 234 cm³/mol. The van der Waals surface area contributed by atoms with Crippen LogP contribution >= 0.6 is 0 Å². The van der Waals surface area contributed by atoms with Crippen LogP contribution in [0.4, 0.5) is 0 Å². The summed E-state index contributed by atoms with van der Waals surface area (Å²) in [6, 6.07) is 76.4. The highest BCUT2D eigenvalue weighted by molar-refractivity contribution is 6.11. The second-order valence-corrected chi connectivity index (χ2v) is 15.3. The van der Waals surface area contributed by atoms with E-state index in [0.29, 0.717) is 0 Å². The Bertz CT molecular complexity index is 3080. The molecule has 1 aromatic heterocycles. The fourth-order valence-electron chi connectivity index (χ4n) is 10.0. The Balaban J connectivity index is 1.05. The number of aromatic nitrogens is 1. The molecule has 1 heteroatoms. The van der Waals surface area contributed by atoms with Crippen molar-refractivity contribution in [3.05, 3.63) is 229 Å². The van der Waals surface area contributed by atoms with E-state index in [1.807, 2.05) is 0 Å². The lowest BCUT2D eigenvalue weighted by atomic mass is 9.70. The minimum atomic E-state index is -0.359. The first-order valence-corrected chi connectivity index (χ1v) is 19.5. The highest BCUT2D eigenvalue weighted by Gasteiger charge is 2.51. The van der Waals surface area contributed by atoms with Gasteiger partial charge in [0.15, 0.2) is 0 Å². The summed E-state index contributed by atoms with van der Waals surface area (Å²) in [6.07, 6.45) is 0. The number of nitrogens with one attached hydrogen (secondary N) is 1. The molecule has 0 aliphatic heterocycles. The normalized spacial score (nSPS) is 13.1. The highest BCUT2D eigenvalue weighted by Crippen LogP contribution is 2.64. The van der Waals surface area contributed by atoms with Gasteiger partial charge >= 0.3 is 0 Å². The van der Waals surface area contributed by atoms with Crippen LogP contribution in [0.5, 0.6) is 0 Å². The Morgan fingerprint density at radius 2 is 0.696 bits per heavy atom. The van der Waals surface area contributed by atoms with Crippen molar-refractivity contribution in [1.82, 2.24) is 4.98 Å². The van der Waals surface area contributed by atoms with Crippen LogP contribution in [-0.2, 0) is 5.41 Å². The van der Waals surface area contributed by atoms with Crippen LogP contribution in [0.25, 0.3) is 88.6 Å². The summed E-state index contributed by atoms with van der Waals surface area (Å²) in [5, 5.41) is 2.46. The Hall–Kier alpha value is -7.22. The second-order valence-electron chi connectivity index (χ2n) is 15.3. The molecular formula is C55H35N. The molecule has 1 heterocycles. The number of rotatable bonds is 4. The lowest BCUT2D eigenvalue weighted by Crippen LogP contribution is -2.25. The first-order valence-electron chi connectivity index (χ1n) is 19.5. The van der Waals surface area contributed by atoms with Gasteiger partial charge in [-0.05, 0) is 131 Å². The Kier molecular flexibility index (Phi) is 6.62. The van der Waals surface area contributed by atoms with E-state index in [1.165, 1.54) is 99.8 Å². The zero-order valence-corrected chi connectivity index (χ0v) is 30.6. The molecule has 2 aliphatic rings. The maximum Gasteiger partial charge on any atom is 0.0725 e. The van der Waals surface area contributed by atoms with Gasteiger partial charge < -0.3 is 4.98 Å². The fourth-order valence-corrected chi connectivity index (χ4v) is 10.0. The van der Waals surface area contributed by atoms with Crippen molar-refractivity contribution < 1.29 is 0 Å². The highest BCUT2D eigenvalue weighted by atomic mass is 14.7. The van der Waals surface area contributed by atoms with E-state index in [9.17, 15) is 0 Å². The molecule has 260 valence electrons. The van der Waals surface area contributed by atoms with Crippen LogP contribution in [-0.4, -0.2) is 4.98 Å². The maximum absolute atomic E-state index is 3.74. The number of hydrogen-bond donors (Lipinski definition) is 1. The average molecular weight is 710 g/mol. The van der Waals surface area contributed by atoms with Gasteiger partial charge in [-0.3, -0.25) is 0 Å². The second kappa shape index (κ2) is 11.9. The average Bonchev–Trinajstić information content (AvgIpc) is 3.90. The zero-order valence-electron chi connectivity index (χ0n) is 30.6. The predicted octanol–water partition coefficient (Wildman–Crippen LogP) is 14.3. The number of benzene rings is 9. The summed E-state index contributed by atoms with van der Waals surface area (Å²) in [6.45, 7) is 0. The van der Waals surface area contributed by atoms with E-state index in [2.05, 4.69) is 211 Å². The van der Waals surface area contributed by atoms with Crippen molar-refractivity contribution in [3.8, 4) is 66.8 Å². The summed E-state index contributed by atoms with van der Waals surface area (Å²) >= 11 is 0. The standard InChI is InChI=1S/C55H35N/c1-3-14-35(15-4-1)39-30-40(36-16-5-2-6-17-36)32-41(31-39)37-26-28-52-46(33-37)47-34-38(27-29-53(47)56-52)42-21-13-25-51-54(42)45-20-9-12-24-50(45)55(51)48-22-10-7-18-43(48)44-19-8-11-23-49(44)55/h1-34,56H. The quantitative estimate of drug-likeness (QED) is 0.187. The molecule has 0 atom stereocenters. The van der Waals surface area contributed by atoms with Gasteiger partial charge in [0.2, 0.25) is 0 Å². The molecule has 1 N–H and O–H groups in total. The third kappa shape index (κ3) is 4.37. The SMILES string of the molecule is c1ccc(-c2cc(-c3ccccc3)cc(-c3ccc4[nH]c5ccc(-c6cccc7c6-c6ccccc6C76c7ccccc7-c7ccccc76)cc5c4c3)c2)cc1. The number of fused-ring (bicyclic) bond motifs is 13. The zero-order chi connectivity index (χ0) is 36.8. The fraction of sp³-hybridized carbons (Fsp3) is 0.0182. The van der Waals surface area contributed by atoms with Crippen molar-refractivity contribution >= 4 is 21.8 Å². The Labute approximate surface area is 326 Å². The first kappa shape index (κ1) is 31.2. The van der Waals surface area contributed by atoms with Crippen LogP contribution < -0.4 is 0 Å². The van der Waals surface area contributed by atoms with Crippen LogP contribution in [0.15, 0.2) is 206 Å². The third-order valence-corrected chi connectivity index (χ3v) is 12.4. The molecule has 0 bridgehead atoms. The molecule has 0 saturated heterocycles. The Morgan fingerprint density at radius 3 is 1.29 bits per heavy atom. The van der Waals surface area contributed by atoms with Crippen molar-refractivity contribution in [2.24, 2.45) is 0 Å². The molecule has 1 nitrogen and oxygen atoms in total. The molecule has 0 saturated carbocycles. The van der Waals surface area contributed by atoms with Gasteiger partial charge in [0, 0.05) is 21.8 Å². The minimum absolute atomic E-state index is 0.359. The molecule has 2 aliphatic carbocycles. The van der Waals surface area contributed by atoms with Crippen molar-refractivity contribution in [2.75, 3.05) is 0 Å². The maximum atomic E-state index is 3.74. The summed E-state index contributed by atoms with van der Waals surface area (Å²) in [5.74, 6) is 0. The van der Waals surface area contributed by atoms with Crippen LogP contribution in [0.1, 0.15) is 22.3 Å². The first-order chi connectivity index (χ1) is 27.8. The van der Waals surface area contributed by atoms with Crippen molar-refractivity contribution in [1.29, 1.82) is 0 Å². The van der Waals surface area contributed by atoms with Crippen molar-refractivity contribution in [2.45, 2.75) is 5.41 Å². The topological polar surface area (TPSA) is 15.8 Å². The smallest absolute Gasteiger partial charge is 0.0725 e. The number of hydrogen-bond acceptors (Lipinski definition) is 0. The van der Waals surface area contributed by atoms with Crippen LogP contribution in [0, 0.1) is 0 Å². The van der Waals surface area contributed by atoms with E-state index >= 15 is 0 Å². The minimum Gasteiger partial charge on any atom is -0.355 e. The lowest BCUT2D eigenvalue weighted by molar-refractivity contribution is 0.794. The third-order valence-electron chi connectivity index (χ3n) is 12.4.